The summed E-state index contributed by atoms with van der Waals surface area (Å²) >= 11 is 0. The van der Waals surface area contributed by atoms with Gasteiger partial charge in [-0.15, -0.1) is 0 Å². The first-order valence-corrected chi connectivity index (χ1v) is 26.5. The first kappa shape index (κ1) is 57.1. The monoisotopic (exact) mass is 1090 g/mol. The summed E-state index contributed by atoms with van der Waals surface area (Å²) < 4.78 is 67.5. The van der Waals surface area contributed by atoms with E-state index in [1.54, 1.807) is 53.7 Å². The summed E-state index contributed by atoms with van der Waals surface area (Å²) in [6.45, 7) is 18.2. The maximum absolute atomic E-state index is 14.7. The van der Waals surface area contributed by atoms with Gasteiger partial charge in [-0.1, -0.05) is 26.8 Å². The van der Waals surface area contributed by atoms with Crippen LogP contribution >= 0.6 is 0 Å². The van der Waals surface area contributed by atoms with Crippen molar-refractivity contribution in [3.63, 3.8) is 0 Å². The molecule has 0 spiro atoms. The number of carbonyl (C=O) groups excluding carboxylic acids is 5. The van der Waals surface area contributed by atoms with Crippen molar-refractivity contribution in [2.45, 2.75) is 109 Å². The number of hydrogen-bond donors (Lipinski definition) is 6. The smallest absolute Gasteiger partial charge is 0.407 e. The zero-order valence-electron chi connectivity index (χ0n) is 44.7. The highest BCUT2D eigenvalue weighted by Gasteiger charge is 2.46. The van der Waals surface area contributed by atoms with Crippen LogP contribution < -0.4 is 36.2 Å². The summed E-state index contributed by atoms with van der Waals surface area (Å²) in [5, 5.41) is 20.9. The Bertz CT molecular complexity index is 3100. The van der Waals surface area contributed by atoms with Crippen LogP contribution in [0, 0.1) is 30.9 Å². The summed E-state index contributed by atoms with van der Waals surface area (Å²) in [5.74, 6) is -3.52. The Morgan fingerprint density at radius 2 is 1.62 bits per heavy atom. The Morgan fingerprint density at radius 3 is 2.23 bits per heavy atom. The van der Waals surface area contributed by atoms with Crippen molar-refractivity contribution in [3.8, 4) is 5.75 Å². The number of aromatic nitrogens is 6. The van der Waals surface area contributed by atoms with Crippen molar-refractivity contribution in [3.05, 3.63) is 77.6 Å². The summed E-state index contributed by atoms with van der Waals surface area (Å²) in [6, 6.07) is 2.73. The predicted octanol–water partition coefficient (Wildman–Crippen LogP) is 4.56. The molecule has 0 saturated carbocycles. The van der Waals surface area contributed by atoms with E-state index in [0.29, 0.717) is 67.5 Å². The van der Waals surface area contributed by atoms with Crippen LogP contribution in [0.1, 0.15) is 83.1 Å². The van der Waals surface area contributed by atoms with E-state index >= 15 is 0 Å². The molecule has 2 unspecified atom stereocenters. The van der Waals surface area contributed by atoms with Gasteiger partial charge in [-0.2, -0.15) is 5.10 Å². The molecule has 77 heavy (non-hydrogen) atoms. The minimum Gasteiger partial charge on any atom is -0.492 e. The third-order valence-electron chi connectivity index (χ3n) is 13.4. The van der Waals surface area contributed by atoms with Crippen molar-refractivity contribution in [1.29, 1.82) is 0 Å². The van der Waals surface area contributed by atoms with Crippen LogP contribution in [-0.4, -0.2) is 160 Å². The summed E-state index contributed by atoms with van der Waals surface area (Å²) in [5.41, 5.74) is 0.534. The predicted molar refractivity (Wildman–Crippen MR) is 281 cm³/mol. The normalized spacial score (nSPS) is 17.1. The van der Waals surface area contributed by atoms with E-state index < -0.39 is 91.3 Å². The summed E-state index contributed by atoms with van der Waals surface area (Å²) in [6.07, 6.45) is 2.42. The van der Waals surface area contributed by atoms with Gasteiger partial charge in [0.15, 0.2) is 21.8 Å². The lowest BCUT2D eigenvalue weighted by molar-refractivity contribution is -0.144. The lowest BCUT2D eigenvalue weighted by atomic mass is 9.85. The van der Waals surface area contributed by atoms with Gasteiger partial charge < -0.3 is 45.9 Å². The number of alkyl carbamates (subject to hydrolysis) is 1. The number of aromatic amines is 1. The number of aryl methyl sites for hydroxylation is 1. The van der Waals surface area contributed by atoms with E-state index in [9.17, 15) is 41.2 Å². The van der Waals surface area contributed by atoms with Gasteiger partial charge >= 0.3 is 6.09 Å². The van der Waals surface area contributed by atoms with Gasteiger partial charge in [0.2, 0.25) is 11.8 Å². The maximum atomic E-state index is 14.7. The number of amides is 5. The van der Waals surface area contributed by atoms with E-state index in [4.69, 9.17) is 9.47 Å². The van der Waals surface area contributed by atoms with Crippen molar-refractivity contribution in [2.75, 3.05) is 68.5 Å². The van der Waals surface area contributed by atoms with Gasteiger partial charge in [0, 0.05) is 75.1 Å². The molecule has 5 amide bonds. The Morgan fingerprint density at radius 1 is 0.922 bits per heavy atom. The average molecular weight is 1090 g/mol. The molecule has 2 aromatic carbocycles. The molecule has 6 N–H and O–H groups in total. The molecule has 0 aliphatic carbocycles. The summed E-state index contributed by atoms with van der Waals surface area (Å²) in [4.78, 5) is 90.1. The number of ether oxygens (including phenoxy) is 2. The number of H-pyrrole nitrogens is 1. The number of halogens is 2. The number of anilines is 4. The molecular formula is C51H66F2N14O9S. The number of nitrogens with one attached hydrogen (secondary N) is 6. The lowest BCUT2D eigenvalue weighted by Gasteiger charge is -2.35. The number of fused-ring (bicyclic) bond motifs is 1. The third kappa shape index (κ3) is 13.2. The number of likely N-dealkylation sites (tertiary alicyclic amines) is 1. The Hall–Kier alpha value is -7.61. The number of piperazine rings is 1. The molecule has 3 aromatic heterocycles. The van der Waals surface area contributed by atoms with Gasteiger partial charge in [0.25, 0.3) is 11.8 Å². The molecule has 0 radical (unpaired) electrons. The van der Waals surface area contributed by atoms with Crippen LogP contribution in [0.2, 0.25) is 0 Å². The number of para-hydroxylation sites is 1. The number of carbonyl (C=O) groups is 5. The van der Waals surface area contributed by atoms with Crippen LogP contribution in [0.25, 0.3) is 10.9 Å². The van der Waals surface area contributed by atoms with Crippen molar-refractivity contribution < 1.29 is 50.6 Å². The summed E-state index contributed by atoms with van der Waals surface area (Å²) in [7, 11) is -2.56. The minimum absolute atomic E-state index is 0.0347. The highest BCUT2D eigenvalue weighted by molar-refractivity contribution is 7.92. The highest BCUT2D eigenvalue weighted by atomic mass is 32.2. The van der Waals surface area contributed by atoms with Gasteiger partial charge in [0.05, 0.1) is 29.3 Å². The second-order valence-corrected chi connectivity index (χ2v) is 23.7. The number of rotatable bonds is 17. The van der Waals surface area contributed by atoms with E-state index in [-0.39, 0.29) is 35.9 Å². The third-order valence-corrected chi connectivity index (χ3v) is 15.9. The molecule has 4 atom stereocenters. The fraction of sp³-hybridized carbons (Fsp3) is 0.490. The van der Waals surface area contributed by atoms with Gasteiger partial charge in [0.1, 0.15) is 63.7 Å². The highest BCUT2D eigenvalue weighted by Crippen LogP contribution is 2.38. The Balaban J connectivity index is 0.959. The molecule has 23 nitrogen and oxygen atoms in total. The van der Waals surface area contributed by atoms with Crippen molar-refractivity contribution in [2.24, 2.45) is 5.41 Å². The first-order valence-electron chi connectivity index (χ1n) is 25.1. The molecular weight excluding hydrogens is 1020 g/mol. The molecule has 2 aliphatic rings. The van der Waals surface area contributed by atoms with Gasteiger partial charge in [-0.25, -0.2) is 41.9 Å². The molecule has 5 heterocycles. The van der Waals surface area contributed by atoms with E-state index in [1.807, 2.05) is 18.7 Å². The number of nitrogens with zero attached hydrogens (tertiary/aromatic N) is 8. The van der Waals surface area contributed by atoms with Gasteiger partial charge in [-0.3, -0.25) is 29.2 Å². The molecule has 7 rings (SSSR count). The van der Waals surface area contributed by atoms with Crippen LogP contribution in [0.15, 0.2) is 53.9 Å². The standard InChI is InChI=1S/C51H66F2N14O9S/c1-28-29(2)63-64-43(28)62-44-32-22-39(77(73,74)51(7,8)9)38(23-35(32)57-27-58-44)75-20-12-15-65-16-18-66(19-17-65)40-25-55-36(24-56-40)46(69)59-31-21-37(47(70)60-41-33(52)13-11-14-34(41)53)67(26-31)48(71)42(50(4,5)6)61-45(68)30(3)76-49(72)54-10/h11,13-14,22-25,27,30-31,37,42H,12,15-21,26H2,1-10H3,(H,54,72)(H,59,69)(H,60,70)(H,61,68)(H2,57,58,62,63,64)/t30?,31-,37-,42?/m0/s1. The topological polar surface area (TPSA) is 288 Å². The molecule has 0 bridgehead atoms. The molecule has 2 aliphatic heterocycles. The molecule has 26 heteroatoms. The van der Waals surface area contributed by atoms with E-state index in [0.717, 1.165) is 34.4 Å². The van der Waals surface area contributed by atoms with Crippen LogP contribution in [0.5, 0.6) is 5.75 Å². The largest absolute Gasteiger partial charge is 0.492 e. The zero-order chi connectivity index (χ0) is 56.1. The fourth-order valence-corrected chi connectivity index (χ4v) is 9.99. The van der Waals surface area contributed by atoms with E-state index in [1.165, 1.54) is 32.7 Å². The van der Waals surface area contributed by atoms with Crippen LogP contribution in [0.3, 0.4) is 0 Å². The van der Waals surface area contributed by atoms with Gasteiger partial charge in [-0.05, 0) is 78.0 Å². The zero-order valence-corrected chi connectivity index (χ0v) is 45.5. The minimum atomic E-state index is -3.88. The second-order valence-electron chi connectivity index (χ2n) is 21.0. The average Bonchev–Trinajstić information content (AvgIpc) is 3.98. The lowest BCUT2D eigenvalue weighted by Crippen LogP contribution is -2.58. The van der Waals surface area contributed by atoms with Crippen molar-refractivity contribution >= 4 is 73.6 Å². The molecule has 414 valence electrons. The Kier molecular flexibility index (Phi) is 17.3. The fourth-order valence-electron chi connectivity index (χ4n) is 8.67. The van der Waals surface area contributed by atoms with Crippen molar-refractivity contribution in [1.82, 2.24) is 55.9 Å². The molecule has 2 fully saturated rings. The number of hydrogen-bond acceptors (Lipinski definition) is 17. The molecule has 5 aromatic rings. The number of sulfone groups is 1. The maximum Gasteiger partial charge on any atom is 0.407 e. The molecule has 2 saturated heterocycles. The van der Waals surface area contributed by atoms with E-state index in [2.05, 4.69) is 61.6 Å². The SMILES string of the molecule is CNC(=O)OC(C)C(=O)NC(C(=O)N1C[C@@H](NC(=O)c2cnc(N3CCN(CCCOc4cc5ncnc(Nc6n[nH]c(C)c6C)c5cc4S(=O)(=O)C(C)(C)C)CC3)cn2)C[C@H]1C(=O)Nc1c(F)cccc1F)C(C)(C)C. The Labute approximate surface area is 445 Å². The quantitative estimate of drug-likeness (QED) is 0.0696. The van der Waals surface area contributed by atoms with Crippen LogP contribution in [0.4, 0.5) is 36.7 Å². The number of benzene rings is 2. The second kappa shape index (κ2) is 23.3. The first-order chi connectivity index (χ1) is 36.3. The van der Waals surface area contributed by atoms with Crippen LogP contribution in [-0.2, 0) is 29.0 Å².